The lowest BCUT2D eigenvalue weighted by molar-refractivity contribution is 0.234. The Bertz CT molecular complexity index is 1120. The van der Waals surface area contributed by atoms with Gasteiger partial charge in [-0.15, -0.1) is 0 Å². The van der Waals surface area contributed by atoms with Crippen molar-refractivity contribution in [3.05, 3.63) is 96.1 Å². The monoisotopic (exact) mass is 412 g/mol. The van der Waals surface area contributed by atoms with Crippen LogP contribution in [0.3, 0.4) is 0 Å². The molecule has 29 heavy (non-hydrogen) atoms. The van der Waals surface area contributed by atoms with Crippen molar-refractivity contribution in [1.29, 1.82) is 0 Å². The molecule has 0 fully saturated rings. The Balaban J connectivity index is 1.72. The Hall–Kier alpha value is -3.06. The summed E-state index contributed by atoms with van der Waals surface area (Å²) in [5.41, 5.74) is 3.61. The van der Waals surface area contributed by atoms with E-state index in [9.17, 15) is 17.2 Å². The molecule has 148 valence electrons. The number of sulfone groups is 1. The Morgan fingerprint density at radius 2 is 1.45 bits per heavy atom. The number of hydrogen-bond donors (Lipinski definition) is 0. The second-order valence-electron chi connectivity index (χ2n) is 6.69. The first kappa shape index (κ1) is 19.3. The quantitative estimate of drug-likeness (QED) is 0.590. The van der Waals surface area contributed by atoms with Crippen LogP contribution < -0.4 is 5.01 Å². The molecular formula is C22H18F2N2O2S. The molecule has 1 aliphatic heterocycles. The van der Waals surface area contributed by atoms with Crippen LogP contribution in [0.4, 0.5) is 14.5 Å². The van der Waals surface area contributed by atoms with E-state index in [1.807, 2.05) is 65.7 Å². The molecule has 1 heterocycles. The van der Waals surface area contributed by atoms with Crippen LogP contribution in [0, 0.1) is 0 Å². The maximum absolute atomic E-state index is 12.8. The summed E-state index contributed by atoms with van der Waals surface area (Å²) in [4.78, 5) is -0.404. The zero-order chi connectivity index (χ0) is 20.4. The van der Waals surface area contributed by atoms with Crippen molar-refractivity contribution in [2.45, 2.75) is 23.1 Å². The smallest absolute Gasteiger partial charge is 0.257 e. The Morgan fingerprint density at radius 1 is 0.862 bits per heavy atom. The van der Waals surface area contributed by atoms with Gasteiger partial charge < -0.3 is 0 Å². The highest BCUT2D eigenvalue weighted by Crippen LogP contribution is 2.37. The second-order valence-corrected chi connectivity index (χ2v) is 8.61. The third kappa shape index (κ3) is 3.78. The first-order valence-electron chi connectivity index (χ1n) is 9.06. The van der Waals surface area contributed by atoms with Gasteiger partial charge in [0.05, 0.1) is 22.3 Å². The van der Waals surface area contributed by atoms with Crippen molar-refractivity contribution < 1.29 is 17.2 Å². The van der Waals surface area contributed by atoms with Gasteiger partial charge in [0.2, 0.25) is 9.84 Å². The van der Waals surface area contributed by atoms with Crippen LogP contribution in [-0.4, -0.2) is 19.9 Å². The van der Waals surface area contributed by atoms with E-state index in [-0.39, 0.29) is 6.04 Å². The molecule has 0 unspecified atom stereocenters. The third-order valence-electron chi connectivity index (χ3n) is 4.87. The molecule has 0 aromatic heterocycles. The number of hydrazone groups is 1. The largest absolute Gasteiger partial charge is 0.341 e. The summed E-state index contributed by atoms with van der Waals surface area (Å²) < 4.78 is 49.0. The van der Waals surface area contributed by atoms with Gasteiger partial charge >= 0.3 is 5.76 Å². The van der Waals surface area contributed by atoms with Crippen molar-refractivity contribution in [2.24, 2.45) is 5.10 Å². The van der Waals surface area contributed by atoms with Crippen LogP contribution in [-0.2, 0) is 9.84 Å². The molecule has 3 aromatic carbocycles. The molecule has 3 aromatic rings. The standard InChI is InChI=1S/C22H18F2N2O2S/c23-22(24)29(27,28)19-13-11-18(12-14-19)26-21(17-9-5-2-6-10-17)15-20(25-26)16-7-3-1-4-8-16/h1-14,21-22H,15H2/t21-/m1/s1. The van der Waals surface area contributed by atoms with Crippen molar-refractivity contribution in [3.63, 3.8) is 0 Å². The highest BCUT2D eigenvalue weighted by Gasteiger charge is 2.31. The molecule has 0 radical (unpaired) electrons. The summed E-state index contributed by atoms with van der Waals surface area (Å²) in [5.74, 6) is -3.44. The number of nitrogens with zero attached hydrogens (tertiary/aromatic N) is 2. The first-order chi connectivity index (χ1) is 14.0. The molecule has 7 heteroatoms. The average molecular weight is 412 g/mol. The molecule has 4 nitrogen and oxygen atoms in total. The minimum Gasteiger partial charge on any atom is -0.257 e. The Kier molecular flexibility index (Phi) is 5.15. The molecule has 0 spiro atoms. The fourth-order valence-electron chi connectivity index (χ4n) is 3.38. The molecule has 0 saturated heterocycles. The SMILES string of the molecule is O=S(=O)(c1ccc(N2N=C(c3ccccc3)C[C@@H]2c2ccccc2)cc1)C(F)F. The summed E-state index contributed by atoms with van der Waals surface area (Å²) in [6, 6.07) is 25.0. The van der Waals surface area contributed by atoms with E-state index in [0.29, 0.717) is 12.1 Å². The van der Waals surface area contributed by atoms with Crippen molar-refractivity contribution >= 4 is 21.2 Å². The van der Waals surface area contributed by atoms with Gasteiger partial charge in [0, 0.05) is 6.42 Å². The lowest BCUT2D eigenvalue weighted by Gasteiger charge is -2.24. The Labute approximate surface area is 168 Å². The highest BCUT2D eigenvalue weighted by molar-refractivity contribution is 7.91. The van der Waals surface area contributed by atoms with Crippen LogP contribution in [0.2, 0.25) is 0 Å². The van der Waals surface area contributed by atoms with Crippen LogP contribution in [0.15, 0.2) is 94.9 Å². The van der Waals surface area contributed by atoms with E-state index in [0.717, 1.165) is 16.8 Å². The molecular weight excluding hydrogens is 394 g/mol. The summed E-state index contributed by atoms with van der Waals surface area (Å²) >= 11 is 0. The van der Waals surface area contributed by atoms with E-state index in [1.165, 1.54) is 24.3 Å². The summed E-state index contributed by atoms with van der Waals surface area (Å²) in [6.07, 6.45) is 0.672. The topological polar surface area (TPSA) is 49.7 Å². The minimum absolute atomic E-state index is 0.0797. The molecule has 0 bridgehead atoms. The van der Waals surface area contributed by atoms with Crippen LogP contribution >= 0.6 is 0 Å². The molecule has 0 amide bonds. The fourth-order valence-corrected chi connectivity index (χ4v) is 4.10. The van der Waals surface area contributed by atoms with Gasteiger partial charge in [0.15, 0.2) is 0 Å². The van der Waals surface area contributed by atoms with Gasteiger partial charge in [-0.25, -0.2) is 8.42 Å². The van der Waals surface area contributed by atoms with E-state index in [4.69, 9.17) is 5.10 Å². The second kappa shape index (κ2) is 7.75. The van der Waals surface area contributed by atoms with E-state index < -0.39 is 20.5 Å². The van der Waals surface area contributed by atoms with Crippen LogP contribution in [0.25, 0.3) is 0 Å². The molecule has 1 aliphatic rings. The van der Waals surface area contributed by atoms with Crippen molar-refractivity contribution in [1.82, 2.24) is 0 Å². The normalized spacial score (nSPS) is 16.9. The maximum atomic E-state index is 12.8. The minimum atomic E-state index is -4.62. The number of hydrogen-bond acceptors (Lipinski definition) is 4. The van der Waals surface area contributed by atoms with Crippen LogP contribution in [0.1, 0.15) is 23.6 Å². The number of benzene rings is 3. The lowest BCUT2D eigenvalue weighted by Crippen LogP contribution is -2.18. The molecule has 0 saturated carbocycles. The fraction of sp³-hybridized carbons (Fsp3) is 0.136. The molecule has 4 rings (SSSR count). The van der Waals surface area contributed by atoms with Crippen LogP contribution in [0.5, 0.6) is 0 Å². The highest BCUT2D eigenvalue weighted by atomic mass is 32.2. The van der Waals surface area contributed by atoms with Gasteiger partial charge in [0.1, 0.15) is 0 Å². The molecule has 1 atom stereocenters. The molecule has 0 aliphatic carbocycles. The lowest BCUT2D eigenvalue weighted by atomic mass is 9.98. The number of halogens is 2. The van der Waals surface area contributed by atoms with Gasteiger partial charge in [-0.3, -0.25) is 5.01 Å². The average Bonchev–Trinajstić information content (AvgIpc) is 3.20. The van der Waals surface area contributed by atoms with Gasteiger partial charge in [-0.05, 0) is 35.4 Å². The van der Waals surface area contributed by atoms with Crippen molar-refractivity contribution in [2.75, 3.05) is 5.01 Å². The zero-order valence-corrected chi connectivity index (χ0v) is 16.1. The summed E-state index contributed by atoms with van der Waals surface area (Å²) in [5, 5.41) is 6.58. The maximum Gasteiger partial charge on any atom is 0.341 e. The predicted molar refractivity (Wildman–Crippen MR) is 109 cm³/mol. The number of rotatable bonds is 5. The predicted octanol–water partition coefficient (Wildman–Crippen LogP) is 5.04. The number of alkyl halides is 2. The van der Waals surface area contributed by atoms with E-state index in [1.54, 1.807) is 0 Å². The number of anilines is 1. The third-order valence-corrected chi connectivity index (χ3v) is 6.26. The summed E-state index contributed by atoms with van der Waals surface area (Å²) in [6.45, 7) is 0. The molecule has 0 N–H and O–H groups in total. The van der Waals surface area contributed by atoms with Gasteiger partial charge in [0.25, 0.3) is 0 Å². The Morgan fingerprint density at radius 3 is 2.03 bits per heavy atom. The zero-order valence-electron chi connectivity index (χ0n) is 15.3. The van der Waals surface area contributed by atoms with Gasteiger partial charge in [-0.2, -0.15) is 13.9 Å². The first-order valence-corrected chi connectivity index (χ1v) is 10.6. The van der Waals surface area contributed by atoms with E-state index >= 15 is 0 Å². The summed E-state index contributed by atoms with van der Waals surface area (Å²) in [7, 11) is -4.62. The van der Waals surface area contributed by atoms with Gasteiger partial charge in [-0.1, -0.05) is 60.7 Å². The van der Waals surface area contributed by atoms with E-state index in [2.05, 4.69) is 0 Å². The van der Waals surface area contributed by atoms with Crippen molar-refractivity contribution in [3.8, 4) is 0 Å².